The Labute approximate surface area is 111 Å². The fraction of sp³-hybridized carbons (Fsp3) is 0.357. The average molecular weight is 260 g/mol. The minimum Gasteiger partial charge on any atom is -0.380 e. The predicted molar refractivity (Wildman–Crippen MR) is 75.0 cm³/mol. The number of benzene rings is 1. The third-order valence-electron chi connectivity index (χ3n) is 3.14. The van der Waals surface area contributed by atoms with Crippen LogP contribution < -0.4 is 5.32 Å². The molecule has 0 amide bonds. The fourth-order valence-electron chi connectivity index (χ4n) is 1.94. The van der Waals surface area contributed by atoms with Gasteiger partial charge in [0.05, 0.1) is 18.9 Å². The Morgan fingerprint density at radius 1 is 1.33 bits per heavy atom. The number of nitrogens with one attached hydrogen (secondary N) is 1. The van der Waals surface area contributed by atoms with Gasteiger partial charge < -0.3 is 10.1 Å². The van der Waals surface area contributed by atoms with Gasteiger partial charge >= 0.3 is 0 Å². The van der Waals surface area contributed by atoms with Crippen LogP contribution in [0.25, 0.3) is 11.3 Å². The Kier molecular flexibility index (Phi) is 3.06. The van der Waals surface area contributed by atoms with E-state index in [2.05, 4.69) is 34.7 Å². The smallest absolute Gasteiger partial charge is 0.183 e. The molecule has 94 valence electrons. The second-order valence-corrected chi connectivity index (χ2v) is 5.92. The first kappa shape index (κ1) is 11.7. The van der Waals surface area contributed by atoms with Crippen molar-refractivity contribution in [3.63, 3.8) is 0 Å². The lowest BCUT2D eigenvalue weighted by atomic mass is 9.89. The quantitative estimate of drug-likeness (QED) is 0.916. The van der Waals surface area contributed by atoms with E-state index < -0.39 is 0 Å². The summed E-state index contributed by atoms with van der Waals surface area (Å²) in [5.74, 6) is 0. The highest BCUT2D eigenvalue weighted by atomic mass is 32.1. The second-order valence-electron chi connectivity index (χ2n) is 5.06. The lowest BCUT2D eigenvalue weighted by molar-refractivity contribution is -0.0924. The molecule has 4 heteroatoms. The molecule has 1 aromatic heterocycles. The zero-order valence-corrected chi connectivity index (χ0v) is 11.2. The van der Waals surface area contributed by atoms with E-state index in [0.717, 1.165) is 30.6 Å². The molecule has 0 atom stereocenters. The van der Waals surface area contributed by atoms with Crippen molar-refractivity contribution in [2.45, 2.75) is 6.92 Å². The third kappa shape index (κ3) is 2.40. The van der Waals surface area contributed by atoms with Crippen LogP contribution >= 0.6 is 11.3 Å². The molecular formula is C14H16N2OS. The molecule has 1 fully saturated rings. The van der Waals surface area contributed by atoms with Crippen molar-refractivity contribution >= 4 is 16.5 Å². The first-order valence-corrected chi connectivity index (χ1v) is 6.96. The van der Waals surface area contributed by atoms with E-state index in [4.69, 9.17) is 4.74 Å². The summed E-state index contributed by atoms with van der Waals surface area (Å²) < 4.78 is 5.24. The maximum absolute atomic E-state index is 5.24. The van der Waals surface area contributed by atoms with E-state index in [-0.39, 0.29) is 5.41 Å². The molecule has 0 spiro atoms. The van der Waals surface area contributed by atoms with Gasteiger partial charge in [-0.15, -0.1) is 11.3 Å². The minimum absolute atomic E-state index is 0.276. The highest BCUT2D eigenvalue weighted by molar-refractivity contribution is 7.14. The van der Waals surface area contributed by atoms with E-state index in [9.17, 15) is 0 Å². The monoisotopic (exact) mass is 260 g/mol. The van der Waals surface area contributed by atoms with Crippen molar-refractivity contribution in [2.75, 3.05) is 25.1 Å². The first-order chi connectivity index (χ1) is 8.75. The molecule has 1 aliphatic rings. The third-order valence-corrected chi connectivity index (χ3v) is 3.94. The summed E-state index contributed by atoms with van der Waals surface area (Å²) >= 11 is 1.66. The molecule has 0 saturated carbocycles. The number of aromatic nitrogens is 1. The van der Waals surface area contributed by atoms with Crippen LogP contribution in [-0.4, -0.2) is 24.7 Å². The summed E-state index contributed by atoms with van der Waals surface area (Å²) in [7, 11) is 0. The van der Waals surface area contributed by atoms with Gasteiger partial charge in [-0.3, -0.25) is 0 Å². The molecule has 0 aliphatic carbocycles. The molecule has 0 radical (unpaired) electrons. The molecule has 2 aromatic rings. The molecule has 1 aromatic carbocycles. The molecular weight excluding hydrogens is 244 g/mol. The van der Waals surface area contributed by atoms with E-state index in [0.29, 0.717) is 0 Å². The fourth-order valence-corrected chi connectivity index (χ4v) is 2.66. The van der Waals surface area contributed by atoms with Crippen molar-refractivity contribution in [2.24, 2.45) is 5.41 Å². The zero-order chi connectivity index (χ0) is 12.4. The number of anilines is 1. The maximum atomic E-state index is 5.24. The summed E-state index contributed by atoms with van der Waals surface area (Å²) in [6.07, 6.45) is 0. The summed E-state index contributed by atoms with van der Waals surface area (Å²) in [6.45, 7) is 4.85. The Hall–Kier alpha value is -1.39. The Balaban J connectivity index is 1.66. The van der Waals surface area contributed by atoms with Gasteiger partial charge in [-0.1, -0.05) is 37.3 Å². The van der Waals surface area contributed by atoms with E-state index in [1.54, 1.807) is 11.3 Å². The number of hydrogen-bond acceptors (Lipinski definition) is 4. The lowest BCUT2D eigenvalue weighted by Gasteiger charge is -2.37. The molecule has 1 saturated heterocycles. The molecule has 1 aliphatic heterocycles. The lowest BCUT2D eigenvalue weighted by Crippen LogP contribution is -2.45. The van der Waals surface area contributed by atoms with Gasteiger partial charge in [0, 0.05) is 22.9 Å². The summed E-state index contributed by atoms with van der Waals surface area (Å²) in [6, 6.07) is 10.3. The molecule has 1 N–H and O–H groups in total. The van der Waals surface area contributed by atoms with Crippen LogP contribution in [-0.2, 0) is 4.74 Å². The van der Waals surface area contributed by atoms with E-state index in [1.165, 1.54) is 5.56 Å². The summed E-state index contributed by atoms with van der Waals surface area (Å²) in [4.78, 5) is 4.61. The summed E-state index contributed by atoms with van der Waals surface area (Å²) in [5, 5.41) is 6.49. The van der Waals surface area contributed by atoms with Crippen molar-refractivity contribution in [3.05, 3.63) is 35.7 Å². The Morgan fingerprint density at radius 3 is 2.78 bits per heavy atom. The number of rotatable bonds is 4. The minimum atomic E-state index is 0.276. The SMILES string of the molecule is CC1(CNc2nc(-c3ccccc3)cs2)COC1. The topological polar surface area (TPSA) is 34.2 Å². The normalized spacial score (nSPS) is 17.2. The largest absolute Gasteiger partial charge is 0.380 e. The molecule has 0 unspecified atom stereocenters. The van der Waals surface area contributed by atoms with Crippen LogP contribution in [0.15, 0.2) is 35.7 Å². The van der Waals surface area contributed by atoms with Crippen molar-refractivity contribution in [1.29, 1.82) is 0 Å². The van der Waals surface area contributed by atoms with Crippen LogP contribution in [0.1, 0.15) is 6.92 Å². The van der Waals surface area contributed by atoms with Crippen molar-refractivity contribution in [3.8, 4) is 11.3 Å². The summed E-state index contributed by atoms with van der Waals surface area (Å²) in [5.41, 5.74) is 2.48. The number of ether oxygens (including phenoxy) is 1. The predicted octanol–water partition coefficient (Wildman–Crippen LogP) is 3.26. The molecule has 2 heterocycles. The van der Waals surface area contributed by atoms with Crippen LogP contribution in [0.3, 0.4) is 0 Å². The standard InChI is InChI=1S/C14H16N2OS/c1-14(9-17-10-14)8-15-13-16-12(7-18-13)11-5-3-2-4-6-11/h2-7H,8-10H2,1H3,(H,15,16). The molecule has 0 bridgehead atoms. The molecule has 18 heavy (non-hydrogen) atoms. The van der Waals surface area contributed by atoms with Crippen LogP contribution in [0.2, 0.25) is 0 Å². The van der Waals surface area contributed by atoms with Gasteiger partial charge in [0.25, 0.3) is 0 Å². The average Bonchev–Trinajstić information content (AvgIpc) is 2.84. The maximum Gasteiger partial charge on any atom is 0.183 e. The van der Waals surface area contributed by atoms with Gasteiger partial charge in [0.2, 0.25) is 0 Å². The number of thiazole rings is 1. The van der Waals surface area contributed by atoms with Crippen molar-refractivity contribution in [1.82, 2.24) is 4.98 Å². The Morgan fingerprint density at radius 2 is 2.11 bits per heavy atom. The van der Waals surface area contributed by atoms with Gasteiger partial charge in [0.15, 0.2) is 5.13 Å². The zero-order valence-electron chi connectivity index (χ0n) is 10.3. The molecule has 3 nitrogen and oxygen atoms in total. The second kappa shape index (κ2) is 4.71. The van der Waals surface area contributed by atoms with Gasteiger partial charge in [-0.2, -0.15) is 0 Å². The molecule has 3 rings (SSSR count). The van der Waals surface area contributed by atoms with Crippen molar-refractivity contribution < 1.29 is 4.74 Å². The van der Waals surface area contributed by atoms with Gasteiger partial charge in [-0.25, -0.2) is 4.98 Å². The van der Waals surface area contributed by atoms with Gasteiger partial charge in [0.1, 0.15) is 0 Å². The Bertz CT molecular complexity index is 520. The van der Waals surface area contributed by atoms with Crippen LogP contribution in [0.4, 0.5) is 5.13 Å². The first-order valence-electron chi connectivity index (χ1n) is 6.08. The van der Waals surface area contributed by atoms with Crippen LogP contribution in [0.5, 0.6) is 0 Å². The highest BCUT2D eigenvalue weighted by Crippen LogP contribution is 2.29. The van der Waals surface area contributed by atoms with E-state index in [1.807, 2.05) is 18.2 Å². The highest BCUT2D eigenvalue weighted by Gasteiger charge is 2.33. The van der Waals surface area contributed by atoms with Gasteiger partial charge in [-0.05, 0) is 0 Å². The number of nitrogens with zero attached hydrogens (tertiary/aromatic N) is 1. The van der Waals surface area contributed by atoms with E-state index >= 15 is 0 Å². The number of hydrogen-bond donors (Lipinski definition) is 1. The van der Waals surface area contributed by atoms with Crippen LogP contribution in [0, 0.1) is 5.41 Å².